The standard InChI is InChI=1S/C24H22O/c1-15-14-16(2)18(4)22(17(15)3)24-21-13-9-8-12-20(21)23(25-24)19-10-6-5-7-11-19/h5-14H,1-4H3. The van der Waals surface area contributed by atoms with Crippen LogP contribution in [-0.4, -0.2) is 0 Å². The van der Waals surface area contributed by atoms with E-state index in [9.17, 15) is 0 Å². The molecule has 0 saturated heterocycles. The summed E-state index contributed by atoms with van der Waals surface area (Å²) in [5.41, 5.74) is 7.55. The molecule has 0 bridgehead atoms. The predicted molar refractivity (Wildman–Crippen MR) is 106 cm³/mol. The second kappa shape index (κ2) is 5.93. The Labute approximate surface area is 148 Å². The van der Waals surface area contributed by atoms with Crippen molar-refractivity contribution in [2.24, 2.45) is 0 Å². The molecule has 0 N–H and O–H groups in total. The van der Waals surface area contributed by atoms with Crippen LogP contribution in [-0.2, 0) is 0 Å². The molecule has 1 heteroatoms. The summed E-state index contributed by atoms with van der Waals surface area (Å²) in [6.45, 7) is 8.73. The minimum Gasteiger partial charge on any atom is -0.455 e. The lowest BCUT2D eigenvalue weighted by molar-refractivity contribution is 0.601. The molecule has 1 heterocycles. The van der Waals surface area contributed by atoms with Crippen LogP contribution < -0.4 is 0 Å². The molecule has 0 aliphatic rings. The van der Waals surface area contributed by atoms with E-state index in [0.717, 1.165) is 17.1 Å². The quantitative estimate of drug-likeness (QED) is 0.386. The summed E-state index contributed by atoms with van der Waals surface area (Å²) in [5.74, 6) is 1.93. The molecule has 0 saturated carbocycles. The van der Waals surface area contributed by atoms with Crippen LogP contribution in [0.25, 0.3) is 33.4 Å². The van der Waals surface area contributed by atoms with E-state index in [-0.39, 0.29) is 0 Å². The number of hydrogen-bond acceptors (Lipinski definition) is 1. The highest BCUT2D eigenvalue weighted by Gasteiger charge is 2.20. The van der Waals surface area contributed by atoms with Crippen molar-refractivity contribution in [2.45, 2.75) is 27.7 Å². The van der Waals surface area contributed by atoms with Gasteiger partial charge < -0.3 is 4.42 Å². The topological polar surface area (TPSA) is 13.1 Å². The molecule has 0 fully saturated rings. The maximum atomic E-state index is 6.51. The van der Waals surface area contributed by atoms with Gasteiger partial charge in [-0.25, -0.2) is 0 Å². The Bertz CT molecular complexity index is 1040. The fourth-order valence-electron chi connectivity index (χ4n) is 3.64. The third-order valence-electron chi connectivity index (χ3n) is 5.25. The fraction of sp³-hybridized carbons (Fsp3) is 0.167. The van der Waals surface area contributed by atoms with Crippen LogP contribution >= 0.6 is 0 Å². The molecular weight excluding hydrogens is 304 g/mol. The van der Waals surface area contributed by atoms with Crippen molar-refractivity contribution in [1.82, 2.24) is 0 Å². The first-order valence-corrected chi connectivity index (χ1v) is 8.72. The molecule has 0 amide bonds. The summed E-state index contributed by atoms with van der Waals surface area (Å²) in [6, 6.07) is 21.1. The Morgan fingerprint density at radius 1 is 0.600 bits per heavy atom. The van der Waals surface area contributed by atoms with Crippen LogP contribution in [0.1, 0.15) is 22.3 Å². The van der Waals surface area contributed by atoms with E-state index in [4.69, 9.17) is 4.42 Å². The van der Waals surface area contributed by atoms with Gasteiger partial charge in [0.05, 0.1) is 0 Å². The number of fused-ring (bicyclic) bond motifs is 1. The molecule has 0 unspecified atom stereocenters. The van der Waals surface area contributed by atoms with Crippen LogP contribution in [0.5, 0.6) is 0 Å². The lowest BCUT2D eigenvalue weighted by Gasteiger charge is -2.14. The summed E-state index contributed by atoms with van der Waals surface area (Å²) >= 11 is 0. The SMILES string of the molecule is Cc1cc(C)c(C)c(-c2oc(-c3ccccc3)c3ccccc23)c1C. The summed E-state index contributed by atoms with van der Waals surface area (Å²) < 4.78 is 6.51. The van der Waals surface area contributed by atoms with Gasteiger partial charge in [-0.1, -0.05) is 60.7 Å². The first-order valence-electron chi connectivity index (χ1n) is 8.72. The Morgan fingerprint density at radius 2 is 1.12 bits per heavy atom. The molecule has 0 aliphatic carbocycles. The highest BCUT2D eigenvalue weighted by atomic mass is 16.3. The Morgan fingerprint density at radius 3 is 1.72 bits per heavy atom. The Kier molecular flexibility index (Phi) is 3.73. The van der Waals surface area contributed by atoms with Crippen molar-refractivity contribution in [1.29, 1.82) is 0 Å². The molecule has 1 aromatic heterocycles. The van der Waals surface area contributed by atoms with E-state index in [1.54, 1.807) is 0 Å². The molecule has 124 valence electrons. The summed E-state index contributed by atoms with van der Waals surface area (Å²) in [4.78, 5) is 0. The van der Waals surface area contributed by atoms with Crippen molar-refractivity contribution < 1.29 is 4.42 Å². The minimum atomic E-state index is 0.948. The minimum absolute atomic E-state index is 0.948. The van der Waals surface area contributed by atoms with Crippen molar-refractivity contribution in [3.63, 3.8) is 0 Å². The molecule has 3 aromatic carbocycles. The van der Waals surface area contributed by atoms with Gasteiger partial charge in [0.15, 0.2) is 0 Å². The van der Waals surface area contributed by atoms with Crippen LogP contribution in [0.4, 0.5) is 0 Å². The van der Waals surface area contributed by atoms with Gasteiger partial charge in [0, 0.05) is 21.9 Å². The van der Waals surface area contributed by atoms with E-state index in [1.165, 1.54) is 38.6 Å². The number of benzene rings is 3. The van der Waals surface area contributed by atoms with E-state index in [2.05, 4.69) is 82.3 Å². The molecule has 4 aromatic rings. The van der Waals surface area contributed by atoms with E-state index in [1.807, 2.05) is 6.07 Å². The van der Waals surface area contributed by atoms with Crippen molar-refractivity contribution in [3.05, 3.63) is 82.9 Å². The lowest BCUT2D eigenvalue weighted by atomic mass is 9.91. The van der Waals surface area contributed by atoms with Gasteiger partial charge in [-0.05, 0) is 49.9 Å². The molecular formula is C24H22O. The first kappa shape index (κ1) is 15.7. The van der Waals surface area contributed by atoms with Gasteiger partial charge >= 0.3 is 0 Å². The Balaban J connectivity index is 2.09. The van der Waals surface area contributed by atoms with E-state index >= 15 is 0 Å². The zero-order chi connectivity index (χ0) is 17.6. The third-order valence-corrected chi connectivity index (χ3v) is 5.25. The average molecular weight is 326 g/mol. The van der Waals surface area contributed by atoms with Crippen molar-refractivity contribution in [3.8, 4) is 22.6 Å². The highest BCUT2D eigenvalue weighted by molar-refractivity contribution is 6.03. The van der Waals surface area contributed by atoms with Gasteiger partial charge in [-0.2, -0.15) is 0 Å². The number of aryl methyl sites for hydroxylation is 2. The summed E-state index contributed by atoms with van der Waals surface area (Å²) in [7, 11) is 0. The maximum absolute atomic E-state index is 6.51. The molecule has 0 radical (unpaired) electrons. The number of furan rings is 1. The monoisotopic (exact) mass is 326 g/mol. The van der Waals surface area contributed by atoms with Crippen LogP contribution in [0.15, 0.2) is 65.1 Å². The van der Waals surface area contributed by atoms with Crippen LogP contribution in [0.2, 0.25) is 0 Å². The van der Waals surface area contributed by atoms with Gasteiger partial charge in [-0.15, -0.1) is 0 Å². The molecule has 1 nitrogen and oxygen atoms in total. The smallest absolute Gasteiger partial charge is 0.143 e. The van der Waals surface area contributed by atoms with Crippen molar-refractivity contribution in [2.75, 3.05) is 0 Å². The zero-order valence-electron chi connectivity index (χ0n) is 15.2. The molecule has 0 spiro atoms. The first-order chi connectivity index (χ1) is 12.1. The second-order valence-electron chi connectivity index (χ2n) is 6.81. The average Bonchev–Trinajstić information content (AvgIpc) is 3.01. The largest absolute Gasteiger partial charge is 0.455 e. The normalized spacial score (nSPS) is 11.2. The maximum Gasteiger partial charge on any atom is 0.143 e. The lowest BCUT2D eigenvalue weighted by Crippen LogP contribution is -1.94. The second-order valence-corrected chi connectivity index (χ2v) is 6.81. The zero-order valence-corrected chi connectivity index (χ0v) is 15.2. The molecule has 4 rings (SSSR count). The highest BCUT2D eigenvalue weighted by Crippen LogP contribution is 2.42. The van der Waals surface area contributed by atoms with E-state index < -0.39 is 0 Å². The number of hydrogen-bond donors (Lipinski definition) is 0. The van der Waals surface area contributed by atoms with Gasteiger partial charge in [0.25, 0.3) is 0 Å². The summed E-state index contributed by atoms with van der Waals surface area (Å²) in [6.07, 6.45) is 0. The fourth-order valence-corrected chi connectivity index (χ4v) is 3.64. The molecule has 25 heavy (non-hydrogen) atoms. The van der Waals surface area contributed by atoms with E-state index in [0.29, 0.717) is 0 Å². The van der Waals surface area contributed by atoms with Gasteiger partial charge in [0.2, 0.25) is 0 Å². The van der Waals surface area contributed by atoms with Crippen LogP contribution in [0.3, 0.4) is 0 Å². The van der Waals surface area contributed by atoms with Crippen molar-refractivity contribution >= 4 is 10.8 Å². The van der Waals surface area contributed by atoms with Gasteiger partial charge in [-0.3, -0.25) is 0 Å². The Hall–Kier alpha value is -2.80. The van der Waals surface area contributed by atoms with Gasteiger partial charge in [0.1, 0.15) is 11.5 Å². The molecule has 0 aliphatic heterocycles. The predicted octanol–water partition coefficient (Wildman–Crippen LogP) is 7.00. The summed E-state index contributed by atoms with van der Waals surface area (Å²) in [5, 5.41) is 2.35. The molecule has 0 atom stereocenters. The number of rotatable bonds is 2. The van der Waals surface area contributed by atoms with Crippen LogP contribution in [0, 0.1) is 27.7 Å². The third kappa shape index (κ3) is 2.47.